The van der Waals surface area contributed by atoms with Gasteiger partial charge in [-0.2, -0.15) is 5.10 Å². The maximum absolute atomic E-state index is 4.70. The van der Waals surface area contributed by atoms with E-state index in [0.29, 0.717) is 5.92 Å². The number of hydrogen-bond acceptors (Lipinski definition) is 3. The smallest absolute Gasteiger partial charge is 0.153 e. The zero-order valence-corrected chi connectivity index (χ0v) is 13.8. The third-order valence-corrected chi connectivity index (χ3v) is 3.43. The van der Waals surface area contributed by atoms with Crippen molar-refractivity contribution in [2.75, 3.05) is 6.54 Å². The molecule has 0 saturated heterocycles. The fourth-order valence-electron chi connectivity index (χ4n) is 1.95. The summed E-state index contributed by atoms with van der Waals surface area (Å²) < 4.78 is 2.76. The molecule has 20 heavy (non-hydrogen) atoms. The summed E-state index contributed by atoms with van der Waals surface area (Å²) in [4.78, 5) is 4.70. The first-order valence-corrected chi connectivity index (χ1v) is 7.81. The van der Waals surface area contributed by atoms with Crippen molar-refractivity contribution in [1.29, 1.82) is 0 Å². The summed E-state index contributed by atoms with van der Waals surface area (Å²) >= 11 is 3.42. The van der Waals surface area contributed by atoms with Crippen molar-refractivity contribution < 1.29 is 0 Å². The van der Waals surface area contributed by atoms with Gasteiger partial charge < -0.3 is 5.32 Å². The Morgan fingerprint density at radius 3 is 2.75 bits per heavy atom. The Kier molecular flexibility index (Phi) is 5.31. The Morgan fingerprint density at radius 1 is 1.35 bits per heavy atom. The van der Waals surface area contributed by atoms with E-state index < -0.39 is 0 Å². The quantitative estimate of drug-likeness (QED) is 0.818. The lowest BCUT2D eigenvalue weighted by molar-refractivity contribution is 0.670. The van der Waals surface area contributed by atoms with E-state index in [4.69, 9.17) is 4.98 Å². The third kappa shape index (κ3) is 3.90. The third-order valence-electron chi connectivity index (χ3n) is 3.02. The first-order valence-electron chi connectivity index (χ1n) is 7.02. The molecule has 4 nitrogen and oxygen atoms in total. The molecule has 2 heterocycles. The van der Waals surface area contributed by atoms with Crippen LogP contribution in [0.25, 0.3) is 5.82 Å². The molecule has 0 aromatic carbocycles. The average molecular weight is 337 g/mol. The Bertz CT molecular complexity index is 563. The van der Waals surface area contributed by atoms with Crippen LogP contribution in [0.4, 0.5) is 0 Å². The number of pyridine rings is 1. The molecule has 0 aliphatic rings. The molecule has 0 unspecified atom stereocenters. The fourth-order valence-corrected chi connectivity index (χ4v) is 2.23. The number of nitrogens with zero attached hydrogens (tertiary/aromatic N) is 3. The van der Waals surface area contributed by atoms with Crippen molar-refractivity contribution in [1.82, 2.24) is 20.1 Å². The summed E-state index contributed by atoms with van der Waals surface area (Å²) in [6, 6.07) is 4.27. The molecule has 5 heteroatoms. The number of hydrogen-bond donors (Lipinski definition) is 1. The minimum absolute atomic E-state index is 0.402. The molecule has 0 atom stereocenters. The summed E-state index contributed by atoms with van der Waals surface area (Å²) in [5.74, 6) is 1.27. The first kappa shape index (κ1) is 15.2. The molecule has 2 rings (SSSR count). The lowest BCUT2D eigenvalue weighted by Gasteiger charge is -2.11. The van der Waals surface area contributed by atoms with Gasteiger partial charge >= 0.3 is 0 Å². The van der Waals surface area contributed by atoms with Crippen molar-refractivity contribution in [2.45, 2.75) is 39.7 Å². The molecule has 0 saturated carbocycles. The molecule has 0 bridgehead atoms. The monoisotopic (exact) mass is 336 g/mol. The average Bonchev–Trinajstić information content (AvgIpc) is 2.85. The van der Waals surface area contributed by atoms with Gasteiger partial charge in [0.1, 0.15) is 0 Å². The predicted octanol–water partition coefficient (Wildman–Crippen LogP) is 3.65. The Morgan fingerprint density at radius 2 is 2.15 bits per heavy atom. The molecular formula is C15H21BrN4. The van der Waals surface area contributed by atoms with Crippen LogP contribution < -0.4 is 5.32 Å². The van der Waals surface area contributed by atoms with E-state index in [1.807, 2.05) is 6.20 Å². The van der Waals surface area contributed by atoms with Crippen molar-refractivity contribution >= 4 is 15.9 Å². The Balaban J connectivity index is 2.30. The van der Waals surface area contributed by atoms with Crippen molar-refractivity contribution in [3.8, 4) is 5.82 Å². The van der Waals surface area contributed by atoms with Gasteiger partial charge in [0.15, 0.2) is 5.82 Å². The molecule has 0 fully saturated rings. The van der Waals surface area contributed by atoms with Crippen molar-refractivity contribution in [3.63, 3.8) is 0 Å². The van der Waals surface area contributed by atoms with Gasteiger partial charge in [-0.1, -0.05) is 20.8 Å². The minimum Gasteiger partial charge on any atom is -0.313 e. The molecule has 108 valence electrons. The van der Waals surface area contributed by atoms with Crippen LogP contribution in [-0.2, 0) is 6.54 Å². The molecule has 2 aromatic rings. The minimum atomic E-state index is 0.402. The standard InChI is InChI=1S/C15H21BrN4/c1-4-5-17-8-12-6-14(11(2)3)19-15(7-12)20-10-13(16)9-18-20/h6-7,9-11,17H,4-5,8H2,1-3H3. The van der Waals surface area contributed by atoms with Gasteiger partial charge in [0.05, 0.1) is 10.7 Å². The van der Waals surface area contributed by atoms with Gasteiger partial charge in [-0.3, -0.25) is 0 Å². The van der Waals surface area contributed by atoms with E-state index in [2.05, 4.69) is 59.2 Å². The fraction of sp³-hybridized carbons (Fsp3) is 0.467. The van der Waals surface area contributed by atoms with Gasteiger partial charge in [-0.05, 0) is 52.5 Å². The summed E-state index contributed by atoms with van der Waals surface area (Å²) in [6.45, 7) is 8.39. The van der Waals surface area contributed by atoms with E-state index in [1.54, 1.807) is 10.9 Å². The van der Waals surface area contributed by atoms with Crippen molar-refractivity contribution in [3.05, 3.63) is 40.3 Å². The number of nitrogens with one attached hydrogen (secondary N) is 1. The zero-order valence-electron chi connectivity index (χ0n) is 12.2. The van der Waals surface area contributed by atoms with E-state index in [1.165, 1.54) is 5.56 Å². The lowest BCUT2D eigenvalue weighted by Crippen LogP contribution is -2.15. The molecular weight excluding hydrogens is 316 g/mol. The van der Waals surface area contributed by atoms with Gasteiger partial charge in [0.25, 0.3) is 0 Å². The molecule has 0 radical (unpaired) electrons. The topological polar surface area (TPSA) is 42.7 Å². The Labute approximate surface area is 128 Å². The van der Waals surface area contributed by atoms with E-state index in [-0.39, 0.29) is 0 Å². The second-order valence-corrected chi connectivity index (χ2v) is 6.11. The van der Waals surface area contributed by atoms with Crippen LogP contribution >= 0.6 is 15.9 Å². The largest absolute Gasteiger partial charge is 0.313 e. The lowest BCUT2D eigenvalue weighted by atomic mass is 10.1. The van der Waals surface area contributed by atoms with E-state index in [9.17, 15) is 0 Å². The van der Waals surface area contributed by atoms with Crippen LogP contribution in [0.1, 0.15) is 44.4 Å². The molecule has 0 aliphatic carbocycles. The van der Waals surface area contributed by atoms with Crippen LogP contribution in [0.5, 0.6) is 0 Å². The zero-order chi connectivity index (χ0) is 14.5. The number of halogens is 1. The maximum atomic E-state index is 4.70. The van der Waals surface area contributed by atoms with Crippen molar-refractivity contribution in [2.24, 2.45) is 0 Å². The highest BCUT2D eigenvalue weighted by molar-refractivity contribution is 9.10. The molecule has 0 spiro atoms. The van der Waals surface area contributed by atoms with E-state index >= 15 is 0 Å². The second-order valence-electron chi connectivity index (χ2n) is 5.19. The van der Waals surface area contributed by atoms with Crippen LogP contribution in [0.3, 0.4) is 0 Å². The second kappa shape index (κ2) is 6.99. The maximum Gasteiger partial charge on any atom is 0.153 e. The van der Waals surface area contributed by atoms with Gasteiger partial charge in [0.2, 0.25) is 0 Å². The normalized spacial score (nSPS) is 11.2. The molecule has 0 aliphatic heterocycles. The van der Waals surface area contributed by atoms with Crippen LogP contribution in [0.2, 0.25) is 0 Å². The Hall–Kier alpha value is -1.20. The van der Waals surface area contributed by atoms with Crippen LogP contribution in [0.15, 0.2) is 29.0 Å². The van der Waals surface area contributed by atoms with Crippen LogP contribution in [-0.4, -0.2) is 21.3 Å². The SMILES string of the molecule is CCCNCc1cc(C(C)C)nc(-n2cc(Br)cn2)c1. The predicted molar refractivity (Wildman–Crippen MR) is 85.1 cm³/mol. The highest BCUT2D eigenvalue weighted by Gasteiger charge is 2.08. The van der Waals surface area contributed by atoms with Gasteiger partial charge in [-0.25, -0.2) is 9.67 Å². The molecule has 0 amide bonds. The summed E-state index contributed by atoms with van der Waals surface area (Å²) in [5, 5.41) is 7.75. The van der Waals surface area contributed by atoms with Gasteiger partial charge in [-0.15, -0.1) is 0 Å². The van der Waals surface area contributed by atoms with Crippen LogP contribution in [0, 0.1) is 0 Å². The highest BCUT2D eigenvalue weighted by atomic mass is 79.9. The summed E-state index contributed by atoms with van der Waals surface area (Å²) in [5.41, 5.74) is 2.35. The number of rotatable bonds is 6. The first-order chi connectivity index (χ1) is 9.60. The number of aromatic nitrogens is 3. The molecule has 1 N–H and O–H groups in total. The van der Waals surface area contributed by atoms with E-state index in [0.717, 1.165) is 35.5 Å². The summed E-state index contributed by atoms with van der Waals surface area (Å²) in [6.07, 6.45) is 4.84. The van der Waals surface area contributed by atoms with Gasteiger partial charge in [0, 0.05) is 18.4 Å². The summed E-state index contributed by atoms with van der Waals surface area (Å²) in [7, 11) is 0. The molecule has 2 aromatic heterocycles. The highest BCUT2D eigenvalue weighted by Crippen LogP contribution is 2.18.